The highest BCUT2D eigenvalue weighted by molar-refractivity contribution is 6.22. The molecule has 10 rings (SSSR count). The van der Waals surface area contributed by atoms with Gasteiger partial charge in [-0.05, 0) is 128 Å². The van der Waals surface area contributed by atoms with Crippen LogP contribution in [0.1, 0.15) is 0 Å². The van der Waals surface area contributed by atoms with Crippen LogP contribution < -0.4 is 9.80 Å². The molecule has 0 aromatic heterocycles. The Balaban J connectivity index is 1.08. The Morgan fingerprint density at radius 2 is 0.483 bits per heavy atom. The lowest BCUT2D eigenvalue weighted by atomic mass is 9.84. The van der Waals surface area contributed by atoms with Crippen molar-refractivity contribution in [1.82, 2.24) is 0 Å². The SMILES string of the molecule is c1ccc(-c2ccccc2-c2c3ccccc3c(-c3ccc(N(c4ccccc4)c4ccc(N(c5ccccc5)c5ccccc5)cc4)cc3)c3ccccc23)cc1. The van der Waals surface area contributed by atoms with Gasteiger partial charge >= 0.3 is 0 Å². The fraction of sp³-hybridized carbons (Fsp3) is 0. The predicted molar refractivity (Wildman–Crippen MR) is 247 cm³/mol. The van der Waals surface area contributed by atoms with E-state index in [4.69, 9.17) is 0 Å². The molecule has 0 N–H and O–H groups in total. The van der Waals surface area contributed by atoms with Crippen LogP contribution in [0, 0.1) is 0 Å². The Hall–Kier alpha value is -7.68. The van der Waals surface area contributed by atoms with Crippen molar-refractivity contribution in [3.8, 4) is 33.4 Å². The first-order valence-electron chi connectivity index (χ1n) is 19.9. The Morgan fingerprint density at radius 1 is 0.190 bits per heavy atom. The molecule has 0 aliphatic heterocycles. The van der Waals surface area contributed by atoms with Crippen LogP contribution in [-0.4, -0.2) is 0 Å². The quantitative estimate of drug-likeness (QED) is 0.136. The molecule has 2 nitrogen and oxygen atoms in total. The third-order valence-electron chi connectivity index (χ3n) is 11.0. The third kappa shape index (κ3) is 6.47. The summed E-state index contributed by atoms with van der Waals surface area (Å²) in [7, 11) is 0. The van der Waals surface area contributed by atoms with Gasteiger partial charge in [0.25, 0.3) is 0 Å². The van der Waals surface area contributed by atoms with Gasteiger partial charge in [-0.2, -0.15) is 0 Å². The molecule has 0 atom stereocenters. The number of benzene rings is 10. The van der Waals surface area contributed by atoms with Gasteiger partial charge in [-0.25, -0.2) is 0 Å². The Morgan fingerprint density at radius 3 is 0.897 bits per heavy atom. The normalized spacial score (nSPS) is 11.1. The third-order valence-corrected chi connectivity index (χ3v) is 11.0. The van der Waals surface area contributed by atoms with Crippen LogP contribution in [0.3, 0.4) is 0 Å². The summed E-state index contributed by atoms with van der Waals surface area (Å²) in [5, 5.41) is 4.97. The van der Waals surface area contributed by atoms with Crippen LogP contribution in [0.2, 0.25) is 0 Å². The second-order valence-corrected chi connectivity index (χ2v) is 14.5. The molecule has 274 valence electrons. The minimum atomic E-state index is 1.08. The number of hydrogen-bond donors (Lipinski definition) is 0. The van der Waals surface area contributed by atoms with Gasteiger partial charge in [-0.3, -0.25) is 0 Å². The van der Waals surface area contributed by atoms with Gasteiger partial charge in [0.1, 0.15) is 0 Å². The molecule has 0 aliphatic rings. The van der Waals surface area contributed by atoms with Crippen LogP contribution in [0.5, 0.6) is 0 Å². The van der Waals surface area contributed by atoms with E-state index in [1.807, 2.05) is 0 Å². The van der Waals surface area contributed by atoms with E-state index in [0.717, 1.165) is 34.1 Å². The Labute approximate surface area is 340 Å². The molecule has 0 unspecified atom stereocenters. The van der Waals surface area contributed by atoms with Gasteiger partial charge in [-0.15, -0.1) is 0 Å². The maximum Gasteiger partial charge on any atom is 0.0463 e. The molecule has 10 aromatic carbocycles. The van der Waals surface area contributed by atoms with E-state index in [1.165, 1.54) is 54.9 Å². The van der Waals surface area contributed by atoms with Crippen molar-refractivity contribution < 1.29 is 0 Å². The van der Waals surface area contributed by atoms with E-state index in [0.29, 0.717) is 0 Å². The largest absolute Gasteiger partial charge is 0.311 e. The van der Waals surface area contributed by atoms with Crippen molar-refractivity contribution in [2.45, 2.75) is 0 Å². The molecule has 0 bridgehead atoms. The van der Waals surface area contributed by atoms with E-state index in [-0.39, 0.29) is 0 Å². The lowest BCUT2D eigenvalue weighted by molar-refractivity contribution is 1.26. The fourth-order valence-electron chi connectivity index (χ4n) is 8.45. The van der Waals surface area contributed by atoms with Crippen LogP contribution in [-0.2, 0) is 0 Å². The first-order valence-corrected chi connectivity index (χ1v) is 19.9. The van der Waals surface area contributed by atoms with Gasteiger partial charge in [-0.1, -0.05) is 170 Å². The van der Waals surface area contributed by atoms with Gasteiger partial charge in [0.15, 0.2) is 0 Å². The van der Waals surface area contributed by atoms with Gasteiger partial charge < -0.3 is 9.80 Å². The topological polar surface area (TPSA) is 6.48 Å². The van der Waals surface area contributed by atoms with Crippen molar-refractivity contribution in [2.75, 3.05) is 9.80 Å². The van der Waals surface area contributed by atoms with Crippen molar-refractivity contribution in [1.29, 1.82) is 0 Å². The summed E-state index contributed by atoms with van der Waals surface area (Å²) in [6.45, 7) is 0. The summed E-state index contributed by atoms with van der Waals surface area (Å²) >= 11 is 0. The molecular weight excluding hydrogens is 701 g/mol. The molecule has 0 spiro atoms. The standard InChI is InChI=1S/C56H40N2/c1-5-19-41(20-6-1)49-27-13-14-28-50(49)56-53-31-17-15-29-51(53)55(52-30-16-18-32-54(52)56)42-33-35-46(36-34-42)58(45-25-11-4-12-26-45)48-39-37-47(38-40-48)57(43-21-7-2-8-22-43)44-23-9-3-10-24-44/h1-40H. The maximum absolute atomic E-state index is 2.34. The van der Waals surface area contributed by atoms with E-state index in [1.54, 1.807) is 0 Å². The molecule has 0 saturated carbocycles. The number of nitrogens with zero attached hydrogens (tertiary/aromatic N) is 2. The van der Waals surface area contributed by atoms with Gasteiger partial charge in [0.2, 0.25) is 0 Å². The summed E-state index contributed by atoms with van der Waals surface area (Å²) in [6, 6.07) is 87.1. The zero-order valence-electron chi connectivity index (χ0n) is 32.0. The van der Waals surface area contributed by atoms with Crippen molar-refractivity contribution >= 4 is 55.7 Å². The highest BCUT2D eigenvalue weighted by Gasteiger charge is 2.20. The van der Waals surface area contributed by atoms with E-state index >= 15 is 0 Å². The maximum atomic E-state index is 2.34. The Bertz CT molecular complexity index is 2860. The van der Waals surface area contributed by atoms with E-state index in [9.17, 15) is 0 Å². The molecule has 0 heterocycles. The summed E-state index contributed by atoms with van der Waals surface area (Å²) in [6.07, 6.45) is 0. The molecule has 10 aromatic rings. The number of para-hydroxylation sites is 3. The zero-order valence-corrected chi connectivity index (χ0v) is 32.0. The van der Waals surface area contributed by atoms with Crippen LogP contribution >= 0.6 is 0 Å². The number of anilines is 6. The second-order valence-electron chi connectivity index (χ2n) is 14.5. The van der Waals surface area contributed by atoms with Crippen LogP contribution in [0.15, 0.2) is 243 Å². The fourth-order valence-corrected chi connectivity index (χ4v) is 8.45. The summed E-state index contributed by atoms with van der Waals surface area (Å²) in [5.74, 6) is 0. The number of fused-ring (bicyclic) bond motifs is 2. The molecule has 0 radical (unpaired) electrons. The molecular formula is C56H40N2. The summed E-state index contributed by atoms with van der Waals surface area (Å²) in [5.41, 5.74) is 14.0. The molecule has 2 heteroatoms. The summed E-state index contributed by atoms with van der Waals surface area (Å²) < 4.78 is 0. The minimum Gasteiger partial charge on any atom is -0.311 e. The number of hydrogen-bond acceptors (Lipinski definition) is 2. The molecule has 0 aliphatic carbocycles. The summed E-state index contributed by atoms with van der Waals surface area (Å²) in [4.78, 5) is 4.63. The first kappa shape index (κ1) is 34.8. The number of rotatable bonds is 9. The van der Waals surface area contributed by atoms with E-state index < -0.39 is 0 Å². The highest BCUT2D eigenvalue weighted by Crippen LogP contribution is 2.47. The smallest absolute Gasteiger partial charge is 0.0463 e. The van der Waals surface area contributed by atoms with Crippen LogP contribution in [0.25, 0.3) is 54.9 Å². The predicted octanol–water partition coefficient (Wildman–Crippen LogP) is 15.9. The molecule has 58 heavy (non-hydrogen) atoms. The highest BCUT2D eigenvalue weighted by atomic mass is 15.2. The Kier molecular flexibility index (Phi) is 9.27. The van der Waals surface area contributed by atoms with Crippen molar-refractivity contribution in [3.63, 3.8) is 0 Å². The van der Waals surface area contributed by atoms with Crippen LogP contribution in [0.4, 0.5) is 34.1 Å². The average Bonchev–Trinajstić information content (AvgIpc) is 3.30. The lowest BCUT2D eigenvalue weighted by Crippen LogP contribution is -2.12. The molecule has 0 saturated heterocycles. The average molecular weight is 741 g/mol. The monoisotopic (exact) mass is 740 g/mol. The molecule has 0 amide bonds. The molecule has 0 fully saturated rings. The van der Waals surface area contributed by atoms with Crippen molar-refractivity contribution in [2.24, 2.45) is 0 Å². The minimum absolute atomic E-state index is 1.08. The van der Waals surface area contributed by atoms with Gasteiger partial charge in [0, 0.05) is 34.1 Å². The lowest BCUT2D eigenvalue weighted by Gasteiger charge is -2.28. The van der Waals surface area contributed by atoms with E-state index in [2.05, 4.69) is 252 Å². The first-order chi connectivity index (χ1) is 28.8. The van der Waals surface area contributed by atoms with Gasteiger partial charge in [0.05, 0.1) is 0 Å². The zero-order chi connectivity index (χ0) is 38.7. The van der Waals surface area contributed by atoms with Crippen molar-refractivity contribution in [3.05, 3.63) is 243 Å². The second kappa shape index (κ2) is 15.5.